The average Bonchev–Trinajstić information content (AvgIpc) is 3.01. The van der Waals surface area contributed by atoms with Crippen LogP contribution in [0.15, 0.2) is 0 Å². The second kappa shape index (κ2) is 10.4. The van der Waals surface area contributed by atoms with E-state index < -0.39 is 0 Å². The Morgan fingerprint density at radius 3 is 1.28 bits per heavy atom. The lowest BCUT2D eigenvalue weighted by Gasteiger charge is -2.18. The summed E-state index contributed by atoms with van der Waals surface area (Å²) in [6, 6.07) is 0. The van der Waals surface area contributed by atoms with Gasteiger partial charge in [0.1, 0.15) is 11.0 Å². The number of thiophene rings is 1. The molecule has 2 rings (SSSR count). The van der Waals surface area contributed by atoms with E-state index >= 15 is 0 Å². The minimum Gasteiger partial charge on any atom is -0.248 e. The van der Waals surface area contributed by atoms with E-state index in [1.807, 2.05) is 11.3 Å². The molecule has 29 heavy (non-hydrogen) atoms. The molecular weight excluding hydrogens is 372 g/mol. The molecular formula is C26H44N2S. The van der Waals surface area contributed by atoms with Crippen LogP contribution in [0.4, 0.5) is 0 Å². The fraction of sp³-hybridized carbons (Fsp3) is 0.769. The monoisotopic (exact) mass is 416 g/mol. The summed E-state index contributed by atoms with van der Waals surface area (Å²) in [5.41, 5.74) is 5.10. The molecule has 0 saturated heterocycles. The van der Waals surface area contributed by atoms with Crippen LogP contribution in [0.5, 0.6) is 0 Å². The molecule has 3 heteroatoms. The summed E-state index contributed by atoms with van der Waals surface area (Å²) in [5, 5.41) is 0. The lowest BCUT2D eigenvalue weighted by molar-refractivity contribution is 0.604. The summed E-state index contributed by atoms with van der Waals surface area (Å²) in [6.07, 6.45) is 12.4. The van der Waals surface area contributed by atoms with Gasteiger partial charge in [-0.1, -0.05) is 93.9 Å². The average molecular weight is 417 g/mol. The minimum absolute atomic E-state index is 0.100. The van der Waals surface area contributed by atoms with Crippen LogP contribution in [0.25, 0.3) is 11.0 Å². The molecule has 0 aliphatic carbocycles. The molecule has 0 spiro atoms. The Hall–Kier alpha value is -0.960. The number of hydrogen-bond donors (Lipinski definition) is 0. The minimum atomic E-state index is 0.100. The third kappa shape index (κ3) is 6.51. The van der Waals surface area contributed by atoms with E-state index in [-0.39, 0.29) is 10.8 Å². The van der Waals surface area contributed by atoms with Crippen molar-refractivity contribution in [3.8, 4) is 0 Å². The largest absolute Gasteiger partial charge is 0.248 e. The summed E-state index contributed by atoms with van der Waals surface area (Å²) >= 11 is 1.94. The molecule has 0 aliphatic rings. The lowest BCUT2D eigenvalue weighted by Crippen LogP contribution is -2.11. The molecule has 2 aromatic heterocycles. The summed E-state index contributed by atoms with van der Waals surface area (Å²) in [6.45, 7) is 18.4. The maximum absolute atomic E-state index is 5.32. The molecule has 0 aromatic carbocycles. The van der Waals surface area contributed by atoms with Crippen molar-refractivity contribution in [1.82, 2.24) is 9.97 Å². The predicted octanol–water partition coefficient (Wildman–Crippen LogP) is 8.53. The maximum atomic E-state index is 5.32. The van der Waals surface area contributed by atoms with Gasteiger partial charge < -0.3 is 0 Å². The molecule has 0 amide bonds. The van der Waals surface area contributed by atoms with Crippen LogP contribution >= 0.6 is 11.3 Å². The van der Waals surface area contributed by atoms with Crippen LogP contribution in [-0.4, -0.2) is 9.97 Å². The van der Waals surface area contributed by atoms with Gasteiger partial charge >= 0.3 is 0 Å². The number of nitrogens with zero attached hydrogens (tertiary/aromatic N) is 2. The number of unbranched alkanes of at least 4 members (excludes halogenated alkanes) is 6. The zero-order chi connectivity index (χ0) is 21.7. The highest BCUT2D eigenvalue weighted by Crippen LogP contribution is 2.43. The second-order valence-corrected chi connectivity index (χ2v) is 11.7. The van der Waals surface area contributed by atoms with Gasteiger partial charge in [-0.2, -0.15) is 0 Å². The van der Waals surface area contributed by atoms with Crippen LogP contribution in [0.3, 0.4) is 0 Å². The predicted molar refractivity (Wildman–Crippen MR) is 131 cm³/mol. The Balaban J connectivity index is 2.51. The van der Waals surface area contributed by atoms with Crippen molar-refractivity contribution in [1.29, 1.82) is 0 Å². The Morgan fingerprint density at radius 2 is 0.966 bits per heavy atom. The van der Waals surface area contributed by atoms with Crippen molar-refractivity contribution in [3.63, 3.8) is 0 Å². The molecule has 0 bridgehead atoms. The van der Waals surface area contributed by atoms with E-state index in [9.17, 15) is 0 Å². The second-order valence-electron chi connectivity index (χ2n) is 10.7. The normalized spacial score (nSPS) is 12.8. The van der Waals surface area contributed by atoms with E-state index in [2.05, 4.69) is 55.4 Å². The van der Waals surface area contributed by atoms with Crippen LogP contribution in [0.2, 0.25) is 0 Å². The first kappa shape index (κ1) is 24.3. The summed E-state index contributed by atoms with van der Waals surface area (Å²) in [5.74, 6) is 0. The van der Waals surface area contributed by atoms with Crippen molar-refractivity contribution >= 4 is 22.4 Å². The Labute approximate surface area is 183 Å². The maximum Gasteiger partial charge on any atom is 0.104 e. The van der Waals surface area contributed by atoms with Crippen LogP contribution in [-0.2, 0) is 23.7 Å². The number of aromatic nitrogens is 2. The van der Waals surface area contributed by atoms with Crippen LogP contribution < -0.4 is 0 Å². The van der Waals surface area contributed by atoms with Gasteiger partial charge in [-0.3, -0.25) is 0 Å². The van der Waals surface area contributed by atoms with Gasteiger partial charge in [0.25, 0.3) is 0 Å². The zero-order valence-electron chi connectivity index (χ0n) is 20.4. The van der Waals surface area contributed by atoms with E-state index in [4.69, 9.17) is 9.97 Å². The van der Waals surface area contributed by atoms with E-state index in [1.165, 1.54) is 83.5 Å². The molecule has 0 unspecified atom stereocenters. The smallest absolute Gasteiger partial charge is 0.104 e. The first-order valence-electron chi connectivity index (χ1n) is 11.9. The molecule has 2 heterocycles. The fourth-order valence-electron chi connectivity index (χ4n) is 3.88. The topological polar surface area (TPSA) is 25.8 Å². The summed E-state index contributed by atoms with van der Waals surface area (Å²) in [4.78, 5) is 13.4. The van der Waals surface area contributed by atoms with E-state index in [1.54, 1.807) is 0 Å². The van der Waals surface area contributed by atoms with Gasteiger partial charge in [0.2, 0.25) is 0 Å². The van der Waals surface area contributed by atoms with E-state index in [0.29, 0.717) is 0 Å². The number of rotatable bonds is 10. The molecule has 2 aromatic rings. The van der Waals surface area contributed by atoms with Crippen LogP contribution in [0.1, 0.15) is 128 Å². The molecule has 2 nitrogen and oxygen atoms in total. The first-order valence-corrected chi connectivity index (χ1v) is 12.7. The van der Waals surface area contributed by atoms with Gasteiger partial charge in [0.05, 0.1) is 11.4 Å². The van der Waals surface area contributed by atoms with Gasteiger partial charge in [0, 0.05) is 9.75 Å². The Morgan fingerprint density at radius 1 is 0.586 bits per heavy atom. The molecule has 0 aliphatic heterocycles. The van der Waals surface area contributed by atoms with Crippen molar-refractivity contribution in [2.24, 2.45) is 0 Å². The third-order valence-corrected chi connectivity index (χ3v) is 7.60. The zero-order valence-corrected chi connectivity index (χ0v) is 21.2. The molecule has 0 radical (unpaired) electrons. The SMILES string of the molecule is CCCCCCc1nc2c(C(C)(C)C)sc(C(C)(C)C)c2nc1CCCCCC. The quantitative estimate of drug-likeness (QED) is 0.363. The van der Waals surface area contributed by atoms with Crippen molar-refractivity contribution < 1.29 is 0 Å². The highest BCUT2D eigenvalue weighted by molar-refractivity contribution is 7.14. The van der Waals surface area contributed by atoms with Gasteiger partial charge in [-0.25, -0.2) is 9.97 Å². The van der Waals surface area contributed by atoms with Crippen molar-refractivity contribution in [3.05, 3.63) is 21.1 Å². The molecule has 0 saturated carbocycles. The third-order valence-electron chi connectivity index (χ3n) is 5.58. The molecule has 164 valence electrons. The van der Waals surface area contributed by atoms with Crippen LogP contribution in [0, 0.1) is 0 Å². The van der Waals surface area contributed by atoms with E-state index in [0.717, 1.165) is 12.8 Å². The van der Waals surface area contributed by atoms with Crippen molar-refractivity contribution in [2.45, 2.75) is 130 Å². The molecule has 0 fully saturated rings. The molecule has 0 N–H and O–H groups in total. The standard InChI is InChI=1S/C26H44N2S/c1-9-11-13-15-17-19-20(18-16-14-12-10-2)28-22-21(27-19)23(25(3,4)5)29-24(22)26(6,7)8/h9-18H2,1-8H3. The lowest BCUT2D eigenvalue weighted by atomic mass is 9.91. The molecule has 0 atom stereocenters. The highest BCUT2D eigenvalue weighted by Gasteiger charge is 2.29. The Bertz CT molecular complexity index is 711. The number of hydrogen-bond acceptors (Lipinski definition) is 3. The number of aryl methyl sites for hydroxylation is 2. The van der Waals surface area contributed by atoms with Gasteiger partial charge in [-0.05, 0) is 36.5 Å². The van der Waals surface area contributed by atoms with Crippen molar-refractivity contribution in [2.75, 3.05) is 0 Å². The van der Waals surface area contributed by atoms with Gasteiger partial charge in [0.15, 0.2) is 0 Å². The first-order chi connectivity index (χ1) is 13.6. The fourth-order valence-corrected chi connectivity index (χ4v) is 5.17. The highest BCUT2D eigenvalue weighted by atomic mass is 32.1. The Kier molecular flexibility index (Phi) is 8.70. The number of fused-ring (bicyclic) bond motifs is 1. The summed E-state index contributed by atoms with van der Waals surface area (Å²) < 4.78 is 0. The van der Waals surface area contributed by atoms with Gasteiger partial charge in [-0.15, -0.1) is 11.3 Å². The summed E-state index contributed by atoms with van der Waals surface area (Å²) in [7, 11) is 0.